The minimum atomic E-state index is -0.389. The number of furan rings is 1. The maximum absolute atomic E-state index is 12.3. The SMILES string of the molecule is O=C(NCCNC(=O)C1CC(=O)N(c2ccccc2)C1)c1ccc(Br)o1. The number of amides is 3. The molecule has 3 rings (SSSR count). The molecule has 1 atom stereocenters. The van der Waals surface area contributed by atoms with E-state index in [0.29, 0.717) is 11.2 Å². The summed E-state index contributed by atoms with van der Waals surface area (Å²) in [5.74, 6) is -0.793. The third-order valence-electron chi connectivity index (χ3n) is 4.07. The zero-order valence-corrected chi connectivity index (χ0v) is 15.5. The van der Waals surface area contributed by atoms with Crippen LogP contribution in [0.5, 0.6) is 0 Å². The lowest BCUT2D eigenvalue weighted by atomic mass is 10.1. The zero-order chi connectivity index (χ0) is 18.5. The Labute approximate surface area is 158 Å². The highest BCUT2D eigenvalue weighted by Gasteiger charge is 2.34. The minimum absolute atomic E-state index is 0.0620. The Morgan fingerprint density at radius 2 is 1.85 bits per heavy atom. The van der Waals surface area contributed by atoms with Gasteiger partial charge in [0.25, 0.3) is 5.91 Å². The summed E-state index contributed by atoms with van der Waals surface area (Å²) in [7, 11) is 0. The Morgan fingerprint density at radius 1 is 1.12 bits per heavy atom. The summed E-state index contributed by atoms with van der Waals surface area (Å²) < 4.78 is 5.62. The van der Waals surface area contributed by atoms with Crippen molar-refractivity contribution in [2.24, 2.45) is 5.92 Å². The van der Waals surface area contributed by atoms with Gasteiger partial charge in [-0.1, -0.05) is 18.2 Å². The van der Waals surface area contributed by atoms with Crippen molar-refractivity contribution in [3.63, 3.8) is 0 Å². The molecule has 8 heteroatoms. The van der Waals surface area contributed by atoms with Gasteiger partial charge in [0.05, 0.1) is 5.92 Å². The standard InChI is InChI=1S/C18H18BrN3O4/c19-15-7-6-14(26-15)18(25)21-9-8-20-17(24)12-10-16(23)22(11-12)13-4-2-1-3-5-13/h1-7,12H,8-11H2,(H,20,24)(H,21,25). The Balaban J connectivity index is 1.43. The van der Waals surface area contributed by atoms with Crippen molar-refractivity contribution in [1.82, 2.24) is 10.6 Å². The molecule has 1 aromatic carbocycles. The number of hydrogen-bond donors (Lipinski definition) is 2. The molecule has 1 saturated heterocycles. The van der Waals surface area contributed by atoms with Crippen LogP contribution in [0.3, 0.4) is 0 Å². The monoisotopic (exact) mass is 419 g/mol. The highest BCUT2D eigenvalue weighted by Crippen LogP contribution is 2.24. The molecule has 136 valence electrons. The molecule has 26 heavy (non-hydrogen) atoms. The summed E-state index contributed by atoms with van der Waals surface area (Å²) >= 11 is 3.13. The zero-order valence-electron chi connectivity index (χ0n) is 13.9. The molecule has 1 aliphatic rings. The van der Waals surface area contributed by atoms with Crippen LogP contribution < -0.4 is 15.5 Å². The Kier molecular flexibility index (Phi) is 5.72. The topological polar surface area (TPSA) is 91.7 Å². The molecular formula is C18H18BrN3O4. The molecule has 1 aromatic heterocycles. The molecule has 1 fully saturated rings. The van der Waals surface area contributed by atoms with Crippen molar-refractivity contribution in [2.45, 2.75) is 6.42 Å². The van der Waals surface area contributed by atoms with E-state index in [0.717, 1.165) is 5.69 Å². The predicted octanol–water partition coefficient (Wildman–Crippen LogP) is 1.94. The lowest BCUT2D eigenvalue weighted by Crippen LogP contribution is -2.38. The summed E-state index contributed by atoms with van der Waals surface area (Å²) in [5.41, 5.74) is 0.796. The maximum atomic E-state index is 12.3. The molecule has 2 N–H and O–H groups in total. The highest BCUT2D eigenvalue weighted by atomic mass is 79.9. The number of carbonyl (C=O) groups is 3. The van der Waals surface area contributed by atoms with Crippen molar-refractivity contribution >= 4 is 39.3 Å². The van der Waals surface area contributed by atoms with Gasteiger partial charge < -0.3 is 20.0 Å². The first kappa shape index (κ1) is 18.2. The van der Waals surface area contributed by atoms with Gasteiger partial charge in [0, 0.05) is 31.7 Å². The molecule has 1 unspecified atom stereocenters. The van der Waals surface area contributed by atoms with Crippen LogP contribution in [0.15, 0.2) is 51.6 Å². The third-order valence-corrected chi connectivity index (χ3v) is 4.50. The fraction of sp³-hybridized carbons (Fsp3) is 0.278. The molecule has 0 saturated carbocycles. The number of benzene rings is 1. The van der Waals surface area contributed by atoms with E-state index in [-0.39, 0.29) is 48.9 Å². The van der Waals surface area contributed by atoms with Crippen LogP contribution in [0.25, 0.3) is 0 Å². The highest BCUT2D eigenvalue weighted by molar-refractivity contribution is 9.10. The number of nitrogens with one attached hydrogen (secondary N) is 2. The Hall–Kier alpha value is -2.61. The number of nitrogens with zero attached hydrogens (tertiary/aromatic N) is 1. The summed E-state index contributed by atoms with van der Waals surface area (Å²) in [6, 6.07) is 12.5. The molecule has 0 aliphatic carbocycles. The van der Waals surface area contributed by atoms with E-state index in [1.807, 2.05) is 30.3 Å². The van der Waals surface area contributed by atoms with Crippen molar-refractivity contribution in [1.29, 1.82) is 0 Å². The van der Waals surface area contributed by atoms with Crippen LogP contribution >= 0.6 is 15.9 Å². The largest absolute Gasteiger partial charge is 0.444 e. The fourth-order valence-corrected chi connectivity index (χ4v) is 3.08. The number of rotatable bonds is 6. The molecule has 2 heterocycles. The van der Waals surface area contributed by atoms with Crippen LogP contribution in [-0.2, 0) is 9.59 Å². The van der Waals surface area contributed by atoms with Gasteiger partial charge in [-0.3, -0.25) is 14.4 Å². The molecule has 3 amide bonds. The van der Waals surface area contributed by atoms with Crippen LogP contribution in [0.1, 0.15) is 17.0 Å². The first-order chi connectivity index (χ1) is 12.5. The van der Waals surface area contributed by atoms with Gasteiger partial charge in [-0.25, -0.2) is 0 Å². The molecule has 7 nitrogen and oxygen atoms in total. The Bertz CT molecular complexity index is 806. The maximum Gasteiger partial charge on any atom is 0.287 e. The summed E-state index contributed by atoms with van der Waals surface area (Å²) in [6.07, 6.45) is 0.188. The lowest BCUT2D eigenvalue weighted by molar-refractivity contribution is -0.126. The van der Waals surface area contributed by atoms with Gasteiger partial charge >= 0.3 is 0 Å². The number of halogens is 1. The normalized spacial score (nSPS) is 16.6. The van der Waals surface area contributed by atoms with Gasteiger partial charge in [0.15, 0.2) is 10.4 Å². The van der Waals surface area contributed by atoms with Gasteiger partial charge in [-0.05, 0) is 40.2 Å². The van der Waals surface area contributed by atoms with Gasteiger partial charge in [-0.15, -0.1) is 0 Å². The second kappa shape index (κ2) is 8.18. The van der Waals surface area contributed by atoms with E-state index in [1.165, 1.54) is 0 Å². The first-order valence-corrected chi connectivity index (χ1v) is 9.00. The average Bonchev–Trinajstić information content (AvgIpc) is 3.25. The minimum Gasteiger partial charge on any atom is -0.444 e. The molecule has 1 aliphatic heterocycles. The van der Waals surface area contributed by atoms with E-state index < -0.39 is 0 Å². The van der Waals surface area contributed by atoms with Crippen LogP contribution in [0.4, 0.5) is 5.69 Å². The molecule has 0 bridgehead atoms. The quantitative estimate of drug-likeness (QED) is 0.699. The number of carbonyl (C=O) groups excluding carboxylic acids is 3. The molecule has 2 aromatic rings. The molecular weight excluding hydrogens is 402 g/mol. The van der Waals surface area contributed by atoms with E-state index in [9.17, 15) is 14.4 Å². The van der Waals surface area contributed by atoms with E-state index in [4.69, 9.17) is 4.42 Å². The smallest absolute Gasteiger partial charge is 0.287 e. The van der Waals surface area contributed by atoms with Crippen LogP contribution in [0, 0.1) is 5.92 Å². The number of hydrogen-bond acceptors (Lipinski definition) is 4. The van der Waals surface area contributed by atoms with Gasteiger partial charge in [0.1, 0.15) is 0 Å². The molecule has 0 radical (unpaired) electrons. The predicted molar refractivity (Wildman–Crippen MR) is 98.7 cm³/mol. The second-order valence-corrected chi connectivity index (χ2v) is 6.67. The fourth-order valence-electron chi connectivity index (χ4n) is 2.77. The average molecular weight is 420 g/mol. The van der Waals surface area contributed by atoms with Crippen LogP contribution in [-0.4, -0.2) is 37.4 Å². The van der Waals surface area contributed by atoms with E-state index in [2.05, 4.69) is 26.6 Å². The Morgan fingerprint density at radius 3 is 2.54 bits per heavy atom. The van der Waals surface area contributed by atoms with Crippen molar-refractivity contribution in [3.05, 3.63) is 52.9 Å². The first-order valence-electron chi connectivity index (χ1n) is 8.21. The van der Waals surface area contributed by atoms with Crippen molar-refractivity contribution < 1.29 is 18.8 Å². The second-order valence-electron chi connectivity index (χ2n) is 5.89. The number of para-hydroxylation sites is 1. The lowest BCUT2D eigenvalue weighted by Gasteiger charge is -2.16. The van der Waals surface area contributed by atoms with Crippen molar-refractivity contribution in [2.75, 3.05) is 24.5 Å². The summed E-state index contributed by atoms with van der Waals surface area (Å²) in [5, 5.41) is 5.41. The van der Waals surface area contributed by atoms with E-state index in [1.54, 1.807) is 17.0 Å². The summed E-state index contributed by atoms with van der Waals surface area (Å²) in [6.45, 7) is 0.913. The number of anilines is 1. The summed E-state index contributed by atoms with van der Waals surface area (Å²) in [4.78, 5) is 37.8. The van der Waals surface area contributed by atoms with Crippen molar-refractivity contribution in [3.8, 4) is 0 Å². The van der Waals surface area contributed by atoms with Gasteiger partial charge in [-0.2, -0.15) is 0 Å². The van der Waals surface area contributed by atoms with E-state index >= 15 is 0 Å². The van der Waals surface area contributed by atoms with Crippen LogP contribution in [0.2, 0.25) is 0 Å². The van der Waals surface area contributed by atoms with Gasteiger partial charge in [0.2, 0.25) is 11.8 Å². The third kappa shape index (κ3) is 4.32. The molecule has 0 spiro atoms.